The Morgan fingerprint density at radius 2 is 1.96 bits per heavy atom. The lowest BCUT2D eigenvalue weighted by molar-refractivity contribution is 0.432. The summed E-state index contributed by atoms with van der Waals surface area (Å²) in [5.41, 5.74) is 0.895. The highest BCUT2D eigenvalue weighted by atomic mass is 79.9. The molecule has 128 valence electrons. The zero-order valence-corrected chi connectivity index (χ0v) is 15.4. The highest BCUT2D eigenvalue weighted by Gasteiger charge is 2.36. The van der Waals surface area contributed by atoms with Gasteiger partial charge in [-0.3, -0.25) is 4.98 Å². The minimum Gasteiger partial charge on any atom is -0.260 e. The zero-order valence-electron chi connectivity index (χ0n) is 13.0. The summed E-state index contributed by atoms with van der Waals surface area (Å²) in [4.78, 5) is 3.47. The van der Waals surface area contributed by atoms with Gasteiger partial charge >= 0.3 is 0 Å². The van der Waals surface area contributed by atoms with Crippen LogP contribution in [0.5, 0.6) is 0 Å². The first-order valence-electron chi connectivity index (χ1n) is 7.78. The van der Waals surface area contributed by atoms with Gasteiger partial charge in [-0.15, -0.1) is 0 Å². The molecule has 2 aromatic rings. The van der Waals surface area contributed by atoms with Gasteiger partial charge in [0.1, 0.15) is 10.7 Å². The first-order chi connectivity index (χ1) is 11.4. The number of nitrogens with one attached hydrogen (secondary N) is 1. The van der Waals surface area contributed by atoms with Gasteiger partial charge in [0.05, 0.1) is 6.20 Å². The molecule has 0 spiro atoms. The van der Waals surface area contributed by atoms with Crippen molar-refractivity contribution >= 4 is 26.0 Å². The third-order valence-electron chi connectivity index (χ3n) is 4.59. The molecular formula is C17H18BrFN2O2S. The van der Waals surface area contributed by atoms with Crippen LogP contribution < -0.4 is 4.72 Å². The molecule has 0 radical (unpaired) electrons. The summed E-state index contributed by atoms with van der Waals surface area (Å²) in [6, 6.07) is 8.98. The van der Waals surface area contributed by atoms with Crippen molar-refractivity contribution in [3.05, 3.63) is 58.6 Å². The quantitative estimate of drug-likeness (QED) is 0.812. The Morgan fingerprint density at radius 3 is 2.62 bits per heavy atom. The molecule has 1 aliphatic carbocycles. The van der Waals surface area contributed by atoms with Crippen LogP contribution in [-0.4, -0.2) is 19.9 Å². The van der Waals surface area contributed by atoms with Crippen molar-refractivity contribution in [1.29, 1.82) is 0 Å². The van der Waals surface area contributed by atoms with Crippen molar-refractivity contribution in [1.82, 2.24) is 9.71 Å². The van der Waals surface area contributed by atoms with E-state index in [9.17, 15) is 12.8 Å². The number of hydrogen-bond donors (Lipinski definition) is 1. The Bertz CT molecular complexity index is 836. The van der Waals surface area contributed by atoms with E-state index in [1.54, 1.807) is 0 Å². The SMILES string of the molecule is O=S(=O)(NCC1(c2cccc(Br)c2)CCCC1)c1cncc(F)c1. The highest BCUT2D eigenvalue weighted by Crippen LogP contribution is 2.41. The number of nitrogens with zero attached hydrogens (tertiary/aromatic N) is 1. The molecule has 1 N–H and O–H groups in total. The molecule has 0 aliphatic heterocycles. The van der Waals surface area contributed by atoms with Crippen molar-refractivity contribution in [2.45, 2.75) is 36.0 Å². The largest absolute Gasteiger partial charge is 0.260 e. The fraction of sp³-hybridized carbons (Fsp3) is 0.353. The molecule has 7 heteroatoms. The Balaban J connectivity index is 1.85. The van der Waals surface area contributed by atoms with Crippen molar-refractivity contribution in [2.24, 2.45) is 0 Å². The third kappa shape index (κ3) is 3.68. The standard InChI is InChI=1S/C17H18BrFN2O2S/c18-14-5-3-4-13(8-14)17(6-1-2-7-17)12-21-24(22,23)16-9-15(19)10-20-11-16/h3-5,8-11,21H,1-2,6-7,12H2. The summed E-state index contributed by atoms with van der Waals surface area (Å²) in [6.07, 6.45) is 6.12. The van der Waals surface area contributed by atoms with Crippen LogP contribution >= 0.6 is 15.9 Å². The number of rotatable bonds is 5. The van der Waals surface area contributed by atoms with E-state index in [1.807, 2.05) is 24.3 Å². The molecule has 1 aromatic carbocycles. The smallest absolute Gasteiger partial charge is 0.242 e. The van der Waals surface area contributed by atoms with Crippen molar-refractivity contribution in [3.8, 4) is 0 Å². The molecule has 1 aromatic heterocycles. The van der Waals surface area contributed by atoms with Gasteiger partial charge in [0.2, 0.25) is 10.0 Å². The van der Waals surface area contributed by atoms with Crippen molar-refractivity contribution in [3.63, 3.8) is 0 Å². The minimum absolute atomic E-state index is 0.148. The van der Waals surface area contributed by atoms with Gasteiger partial charge in [0.25, 0.3) is 0 Å². The maximum Gasteiger partial charge on any atom is 0.242 e. The van der Waals surface area contributed by atoms with Crippen molar-refractivity contribution in [2.75, 3.05) is 6.54 Å². The Labute approximate surface area is 149 Å². The van der Waals surface area contributed by atoms with Gasteiger partial charge in [-0.1, -0.05) is 40.9 Å². The van der Waals surface area contributed by atoms with E-state index in [-0.39, 0.29) is 10.3 Å². The zero-order chi connectivity index (χ0) is 17.2. The first kappa shape index (κ1) is 17.5. The number of aromatic nitrogens is 1. The molecule has 0 atom stereocenters. The normalized spacial score (nSPS) is 17.1. The van der Waals surface area contributed by atoms with Crippen LogP contribution in [-0.2, 0) is 15.4 Å². The van der Waals surface area contributed by atoms with E-state index in [1.165, 1.54) is 0 Å². The lowest BCUT2D eigenvalue weighted by Gasteiger charge is -2.30. The Kier molecular flexibility index (Phi) is 5.03. The summed E-state index contributed by atoms with van der Waals surface area (Å²) < 4.78 is 41.8. The minimum atomic E-state index is -3.79. The fourth-order valence-electron chi connectivity index (χ4n) is 3.29. The van der Waals surface area contributed by atoms with Gasteiger partial charge in [-0.25, -0.2) is 17.5 Å². The number of halogens is 2. The fourth-order valence-corrected chi connectivity index (χ4v) is 4.79. The monoisotopic (exact) mass is 412 g/mol. The molecule has 1 fully saturated rings. The molecule has 3 rings (SSSR count). The lowest BCUT2D eigenvalue weighted by Crippen LogP contribution is -2.39. The van der Waals surface area contributed by atoms with Crippen molar-refractivity contribution < 1.29 is 12.8 Å². The molecule has 1 heterocycles. The predicted molar refractivity (Wildman–Crippen MR) is 93.7 cm³/mol. The van der Waals surface area contributed by atoms with Crippen LogP contribution in [0.25, 0.3) is 0 Å². The Morgan fingerprint density at radius 1 is 1.21 bits per heavy atom. The summed E-state index contributed by atoms with van der Waals surface area (Å²) in [7, 11) is -3.79. The predicted octanol–water partition coefficient (Wildman–Crippen LogP) is 3.77. The van der Waals surface area contributed by atoms with Crippen LogP contribution in [0, 0.1) is 5.82 Å². The van der Waals surface area contributed by atoms with E-state index in [0.717, 1.165) is 54.2 Å². The summed E-state index contributed by atoms with van der Waals surface area (Å²) in [5.74, 6) is -0.666. The molecule has 0 bridgehead atoms. The van der Waals surface area contributed by atoms with Crippen LogP contribution in [0.3, 0.4) is 0 Å². The maximum atomic E-state index is 13.3. The maximum absolute atomic E-state index is 13.3. The topological polar surface area (TPSA) is 59.1 Å². The average Bonchev–Trinajstić information content (AvgIpc) is 3.03. The van der Waals surface area contributed by atoms with Gasteiger partial charge in [-0.2, -0.15) is 0 Å². The lowest BCUT2D eigenvalue weighted by atomic mass is 9.79. The van der Waals surface area contributed by atoms with Crippen LogP contribution in [0.2, 0.25) is 0 Å². The van der Waals surface area contributed by atoms with E-state index >= 15 is 0 Å². The van der Waals surface area contributed by atoms with Crippen LogP contribution in [0.1, 0.15) is 31.2 Å². The summed E-state index contributed by atoms with van der Waals surface area (Å²) in [5, 5.41) is 0. The molecule has 4 nitrogen and oxygen atoms in total. The van der Waals surface area contributed by atoms with E-state index in [4.69, 9.17) is 0 Å². The highest BCUT2D eigenvalue weighted by molar-refractivity contribution is 9.10. The second kappa shape index (κ2) is 6.90. The molecule has 1 aliphatic rings. The second-order valence-corrected chi connectivity index (χ2v) is 8.84. The van der Waals surface area contributed by atoms with E-state index in [0.29, 0.717) is 6.54 Å². The van der Waals surface area contributed by atoms with Gasteiger partial charge < -0.3 is 0 Å². The molecule has 24 heavy (non-hydrogen) atoms. The third-order valence-corrected chi connectivity index (χ3v) is 6.45. The molecule has 0 saturated heterocycles. The second-order valence-electron chi connectivity index (χ2n) is 6.16. The number of sulfonamides is 1. The Hall–Kier alpha value is -1.31. The molecular weight excluding hydrogens is 395 g/mol. The number of pyridine rings is 1. The summed E-state index contributed by atoms with van der Waals surface area (Å²) in [6.45, 7) is 0.294. The number of hydrogen-bond acceptors (Lipinski definition) is 3. The average molecular weight is 413 g/mol. The van der Waals surface area contributed by atoms with Gasteiger partial charge in [0.15, 0.2) is 0 Å². The first-order valence-corrected chi connectivity index (χ1v) is 10.1. The molecule has 0 amide bonds. The van der Waals surface area contributed by atoms with Gasteiger partial charge in [0, 0.05) is 22.6 Å². The van der Waals surface area contributed by atoms with Crippen LogP contribution in [0.15, 0.2) is 52.1 Å². The van der Waals surface area contributed by atoms with Crippen LogP contribution in [0.4, 0.5) is 4.39 Å². The van der Waals surface area contributed by atoms with Gasteiger partial charge in [-0.05, 0) is 36.6 Å². The van der Waals surface area contributed by atoms with E-state index < -0.39 is 15.8 Å². The molecule has 0 unspecified atom stereocenters. The molecule has 1 saturated carbocycles. The number of benzene rings is 1. The summed E-state index contributed by atoms with van der Waals surface area (Å²) >= 11 is 3.48. The van der Waals surface area contributed by atoms with E-state index in [2.05, 4.69) is 25.6 Å².